The van der Waals surface area contributed by atoms with Crippen LogP contribution in [-0.2, 0) is 6.54 Å². The van der Waals surface area contributed by atoms with Crippen LogP contribution >= 0.6 is 15.9 Å². The van der Waals surface area contributed by atoms with Crippen LogP contribution in [0.3, 0.4) is 0 Å². The van der Waals surface area contributed by atoms with Gasteiger partial charge >= 0.3 is 0 Å². The summed E-state index contributed by atoms with van der Waals surface area (Å²) in [6.45, 7) is 2.89. The number of benzene rings is 1. The van der Waals surface area contributed by atoms with E-state index in [2.05, 4.69) is 28.2 Å². The molecule has 0 radical (unpaired) electrons. The number of nitrogens with zero attached hydrogens (tertiary/aromatic N) is 1. The summed E-state index contributed by atoms with van der Waals surface area (Å²) in [7, 11) is 0. The van der Waals surface area contributed by atoms with Crippen molar-refractivity contribution >= 4 is 21.6 Å². The highest BCUT2D eigenvalue weighted by atomic mass is 79.9. The Bertz CT molecular complexity index is 473. The maximum atomic E-state index is 10.9. The molecule has 0 spiro atoms. The number of hydrogen-bond donors (Lipinski definition) is 1. The number of rotatable bonds is 5. The number of hydrogen-bond acceptors (Lipinski definition) is 3. The van der Waals surface area contributed by atoms with Crippen molar-refractivity contribution in [2.75, 3.05) is 0 Å². The van der Waals surface area contributed by atoms with Gasteiger partial charge in [-0.05, 0) is 47.2 Å². The van der Waals surface area contributed by atoms with Gasteiger partial charge < -0.3 is 5.32 Å². The predicted octanol–water partition coefficient (Wildman–Crippen LogP) is 4.42. The van der Waals surface area contributed by atoms with Crippen molar-refractivity contribution in [3.05, 3.63) is 38.3 Å². The molecule has 4 nitrogen and oxygen atoms in total. The second-order valence-electron chi connectivity index (χ2n) is 5.58. The molecule has 0 saturated heterocycles. The van der Waals surface area contributed by atoms with Crippen molar-refractivity contribution in [2.45, 2.75) is 51.6 Å². The second-order valence-corrected chi connectivity index (χ2v) is 6.37. The highest BCUT2D eigenvalue weighted by Crippen LogP contribution is 2.29. The number of nitro groups is 1. The zero-order valence-corrected chi connectivity index (χ0v) is 13.4. The van der Waals surface area contributed by atoms with Crippen LogP contribution < -0.4 is 5.32 Å². The van der Waals surface area contributed by atoms with Crippen molar-refractivity contribution in [1.82, 2.24) is 5.32 Å². The Hall–Kier alpha value is -0.940. The lowest BCUT2D eigenvalue weighted by molar-refractivity contribution is -0.385. The first-order valence-electron chi connectivity index (χ1n) is 7.24. The zero-order chi connectivity index (χ0) is 14.5. The first-order valence-corrected chi connectivity index (χ1v) is 8.04. The molecule has 0 amide bonds. The van der Waals surface area contributed by atoms with E-state index in [1.165, 1.54) is 38.2 Å². The fourth-order valence-corrected chi connectivity index (χ4v) is 3.46. The fraction of sp³-hybridized carbons (Fsp3) is 0.600. The highest BCUT2D eigenvalue weighted by molar-refractivity contribution is 9.10. The lowest BCUT2D eigenvalue weighted by Crippen LogP contribution is -2.34. The first kappa shape index (κ1) is 15.4. The normalized spacial score (nSPS) is 17.9. The van der Waals surface area contributed by atoms with E-state index in [4.69, 9.17) is 0 Å². The first-order chi connectivity index (χ1) is 9.59. The van der Waals surface area contributed by atoms with E-state index in [0.29, 0.717) is 17.1 Å². The van der Waals surface area contributed by atoms with Crippen LogP contribution in [0.4, 0.5) is 5.69 Å². The second kappa shape index (κ2) is 7.18. The van der Waals surface area contributed by atoms with Crippen LogP contribution in [0.15, 0.2) is 22.7 Å². The van der Waals surface area contributed by atoms with Crippen molar-refractivity contribution in [3.8, 4) is 0 Å². The van der Waals surface area contributed by atoms with Gasteiger partial charge in [-0.3, -0.25) is 10.1 Å². The summed E-state index contributed by atoms with van der Waals surface area (Å²) in [5.41, 5.74) is 1.08. The molecular weight excluding hydrogens is 320 g/mol. The molecule has 0 aliphatic heterocycles. The van der Waals surface area contributed by atoms with Crippen LogP contribution in [0.25, 0.3) is 0 Å². The molecule has 1 aromatic carbocycles. The molecular formula is C15H21BrN2O2. The van der Waals surface area contributed by atoms with E-state index in [0.717, 1.165) is 11.5 Å². The van der Waals surface area contributed by atoms with Crippen molar-refractivity contribution in [3.63, 3.8) is 0 Å². The SMILES string of the molecule is C[C@@H](NCc1cccc([N+](=O)[O-])c1Br)C1CCCCC1. The summed E-state index contributed by atoms with van der Waals surface area (Å²) in [6.07, 6.45) is 6.61. The summed E-state index contributed by atoms with van der Waals surface area (Å²) < 4.78 is 0.591. The Morgan fingerprint density at radius 2 is 2.10 bits per heavy atom. The Balaban J connectivity index is 1.96. The van der Waals surface area contributed by atoms with Crippen LogP contribution in [-0.4, -0.2) is 11.0 Å². The minimum absolute atomic E-state index is 0.134. The topological polar surface area (TPSA) is 55.2 Å². The molecule has 1 aromatic rings. The summed E-state index contributed by atoms with van der Waals surface area (Å²) in [6, 6.07) is 5.66. The van der Waals surface area contributed by atoms with Crippen LogP contribution in [0, 0.1) is 16.0 Å². The molecule has 0 unspecified atom stereocenters. The van der Waals surface area contributed by atoms with Gasteiger partial charge in [0.25, 0.3) is 5.69 Å². The van der Waals surface area contributed by atoms with Gasteiger partial charge in [0.2, 0.25) is 0 Å². The molecule has 0 aromatic heterocycles. The third-order valence-corrected chi connectivity index (χ3v) is 5.14. The molecule has 1 aliphatic carbocycles. The molecule has 1 atom stereocenters. The Kier molecular flexibility index (Phi) is 5.54. The fourth-order valence-electron chi connectivity index (χ4n) is 2.92. The minimum atomic E-state index is -0.349. The van der Waals surface area contributed by atoms with E-state index >= 15 is 0 Å². The predicted molar refractivity (Wildman–Crippen MR) is 83.7 cm³/mol. The van der Waals surface area contributed by atoms with Crippen molar-refractivity contribution < 1.29 is 4.92 Å². The molecule has 2 rings (SSSR count). The molecule has 1 N–H and O–H groups in total. The molecule has 1 saturated carbocycles. The number of halogens is 1. The van der Waals surface area contributed by atoms with E-state index in [9.17, 15) is 10.1 Å². The van der Waals surface area contributed by atoms with E-state index in [1.807, 2.05) is 6.07 Å². The van der Waals surface area contributed by atoms with Gasteiger partial charge in [-0.15, -0.1) is 0 Å². The Morgan fingerprint density at radius 1 is 1.40 bits per heavy atom. The average molecular weight is 341 g/mol. The molecule has 1 aliphatic rings. The van der Waals surface area contributed by atoms with E-state index in [1.54, 1.807) is 6.07 Å². The van der Waals surface area contributed by atoms with Gasteiger partial charge in [-0.25, -0.2) is 0 Å². The van der Waals surface area contributed by atoms with Crippen LogP contribution in [0.2, 0.25) is 0 Å². The van der Waals surface area contributed by atoms with E-state index < -0.39 is 0 Å². The van der Waals surface area contributed by atoms with Crippen molar-refractivity contribution in [2.24, 2.45) is 5.92 Å². The van der Waals surface area contributed by atoms with Gasteiger partial charge in [0, 0.05) is 18.7 Å². The third-order valence-electron chi connectivity index (χ3n) is 4.23. The minimum Gasteiger partial charge on any atom is -0.310 e. The van der Waals surface area contributed by atoms with E-state index in [-0.39, 0.29) is 10.6 Å². The summed E-state index contributed by atoms with van der Waals surface area (Å²) in [5, 5.41) is 14.4. The molecule has 110 valence electrons. The maximum absolute atomic E-state index is 10.9. The molecule has 0 heterocycles. The Labute approximate surface area is 128 Å². The van der Waals surface area contributed by atoms with Gasteiger partial charge in [-0.1, -0.05) is 31.4 Å². The molecule has 1 fully saturated rings. The smallest absolute Gasteiger partial charge is 0.283 e. The molecule has 20 heavy (non-hydrogen) atoms. The summed E-state index contributed by atoms with van der Waals surface area (Å²) in [5.74, 6) is 0.737. The standard InChI is InChI=1S/C15H21BrN2O2/c1-11(12-6-3-2-4-7-12)17-10-13-8-5-9-14(15(13)16)18(19)20/h5,8-9,11-12,17H,2-4,6-7,10H2,1H3/t11-/m1/s1. The average Bonchev–Trinajstić information content (AvgIpc) is 2.46. The van der Waals surface area contributed by atoms with Gasteiger partial charge in [0.1, 0.15) is 0 Å². The van der Waals surface area contributed by atoms with Gasteiger partial charge in [0.15, 0.2) is 0 Å². The zero-order valence-electron chi connectivity index (χ0n) is 11.8. The third kappa shape index (κ3) is 3.79. The monoisotopic (exact) mass is 340 g/mol. The number of nitrogens with one attached hydrogen (secondary N) is 1. The Morgan fingerprint density at radius 3 is 2.75 bits per heavy atom. The van der Waals surface area contributed by atoms with Crippen LogP contribution in [0.5, 0.6) is 0 Å². The maximum Gasteiger partial charge on any atom is 0.283 e. The highest BCUT2D eigenvalue weighted by Gasteiger charge is 2.20. The molecule has 5 heteroatoms. The van der Waals surface area contributed by atoms with Gasteiger partial charge in [-0.2, -0.15) is 0 Å². The largest absolute Gasteiger partial charge is 0.310 e. The van der Waals surface area contributed by atoms with Crippen molar-refractivity contribution in [1.29, 1.82) is 0 Å². The van der Waals surface area contributed by atoms with Gasteiger partial charge in [0.05, 0.1) is 9.40 Å². The molecule has 0 bridgehead atoms. The van der Waals surface area contributed by atoms with Crippen LogP contribution in [0.1, 0.15) is 44.6 Å². The quantitative estimate of drug-likeness (QED) is 0.637. The summed E-state index contributed by atoms with van der Waals surface area (Å²) >= 11 is 3.35. The lowest BCUT2D eigenvalue weighted by atomic mass is 9.84. The number of nitro benzene ring substituents is 1. The summed E-state index contributed by atoms with van der Waals surface area (Å²) in [4.78, 5) is 10.6. The lowest BCUT2D eigenvalue weighted by Gasteiger charge is -2.28.